The lowest BCUT2D eigenvalue weighted by molar-refractivity contribution is 0.0221. The first-order valence-corrected chi connectivity index (χ1v) is 9.18. The number of carbonyl (C=O) groups is 2. The minimum Gasteiger partial charge on any atom is -0.450 e. The molecule has 0 aliphatic heterocycles. The van der Waals surface area contributed by atoms with Gasteiger partial charge in [-0.2, -0.15) is 0 Å². The number of rotatable bonds is 4. The van der Waals surface area contributed by atoms with Gasteiger partial charge in [0.1, 0.15) is 6.10 Å². The van der Waals surface area contributed by atoms with Gasteiger partial charge in [-0.05, 0) is 43.5 Å². The molecule has 5 heteroatoms. The van der Waals surface area contributed by atoms with Gasteiger partial charge in [-0.25, -0.2) is 4.79 Å². The minimum absolute atomic E-state index is 0.0873. The summed E-state index contributed by atoms with van der Waals surface area (Å²) in [5.41, 5.74) is 4.76. The lowest BCUT2D eigenvalue weighted by Gasteiger charge is -2.31. The van der Waals surface area contributed by atoms with E-state index in [9.17, 15) is 9.59 Å². The molecule has 0 amide bonds. The summed E-state index contributed by atoms with van der Waals surface area (Å²) < 4.78 is 5.02. The van der Waals surface area contributed by atoms with Crippen molar-refractivity contribution in [1.82, 2.24) is 0 Å². The monoisotopic (exact) mass is 384 g/mol. The van der Waals surface area contributed by atoms with Crippen LogP contribution in [0, 0.1) is 5.92 Å². The lowest BCUT2D eigenvalue weighted by Crippen LogP contribution is -2.35. The standard InChI is InChI=1S/C22H21ClO4/c1-13-11-19(20(12-14(13)2)27-22(25)26)21(24)17-5-3-15(4-6-17)16-7-9-18(23)10-8-16/h3-10,19-20H,11-12H2,1-2H3,(H,25,26). The number of Topliss-reactive ketones (excluding diaryl/α,β-unsaturated/α-hetero) is 1. The Balaban J connectivity index is 1.83. The van der Waals surface area contributed by atoms with Gasteiger partial charge in [-0.15, -0.1) is 0 Å². The molecular formula is C22H21ClO4. The molecule has 1 N–H and O–H groups in total. The van der Waals surface area contributed by atoms with Crippen LogP contribution in [0.3, 0.4) is 0 Å². The van der Waals surface area contributed by atoms with E-state index < -0.39 is 18.2 Å². The Morgan fingerprint density at radius 3 is 2.00 bits per heavy atom. The van der Waals surface area contributed by atoms with Gasteiger partial charge in [-0.3, -0.25) is 4.79 Å². The average molecular weight is 385 g/mol. The number of benzene rings is 2. The zero-order chi connectivity index (χ0) is 19.6. The topological polar surface area (TPSA) is 63.6 Å². The van der Waals surface area contributed by atoms with Gasteiger partial charge >= 0.3 is 6.16 Å². The van der Waals surface area contributed by atoms with Crippen molar-refractivity contribution in [2.45, 2.75) is 32.8 Å². The molecule has 2 unspecified atom stereocenters. The van der Waals surface area contributed by atoms with Gasteiger partial charge in [0.25, 0.3) is 0 Å². The predicted octanol–water partition coefficient (Wildman–Crippen LogP) is 6.00. The molecule has 1 aliphatic carbocycles. The van der Waals surface area contributed by atoms with E-state index >= 15 is 0 Å². The average Bonchev–Trinajstić information content (AvgIpc) is 2.64. The normalized spacial score (nSPS) is 19.7. The molecule has 0 radical (unpaired) electrons. The van der Waals surface area contributed by atoms with Crippen LogP contribution in [0.1, 0.15) is 37.0 Å². The number of hydrogen-bond acceptors (Lipinski definition) is 3. The first-order chi connectivity index (χ1) is 12.8. The first-order valence-electron chi connectivity index (χ1n) is 8.80. The summed E-state index contributed by atoms with van der Waals surface area (Å²) in [5.74, 6) is -0.582. The number of hydrogen-bond donors (Lipinski definition) is 1. The summed E-state index contributed by atoms with van der Waals surface area (Å²) in [4.78, 5) is 24.1. The Morgan fingerprint density at radius 1 is 0.926 bits per heavy atom. The maximum Gasteiger partial charge on any atom is 0.506 e. The molecule has 0 spiro atoms. The third-order valence-electron chi connectivity index (χ3n) is 5.15. The number of ketones is 1. The third kappa shape index (κ3) is 4.40. The van der Waals surface area contributed by atoms with Crippen LogP contribution in [0.4, 0.5) is 4.79 Å². The number of carboxylic acid groups (broad SMARTS) is 1. The maximum atomic E-state index is 13.0. The van der Waals surface area contributed by atoms with Crippen LogP contribution in [0.2, 0.25) is 5.02 Å². The van der Waals surface area contributed by atoms with Gasteiger partial charge in [0.15, 0.2) is 5.78 Å². The van der Waals surface area contributed by atoms with Crippen molar-refractivity contribution in [3.63, 3.8) is 0 Å². The van der Waals surface area contributed by atoms with E-state index in [1.165, 1.54) is 0 Å². The van der Waals surface area contributed by atoms with E-state index in [4.69, 9.17) is 21.4 Å². The van der Waals surface area contributed by atoms with Crippen LogP contribution in [0.15, 0.2) is 59.7 Å². The fourth-order valence-corrected chi connectivity index (χ4v) is 3.58. The molecule has 2 aromatic carbocycles. The Morgan fingerprint density at radius 2 is 1.44 bits per heavy atom. The van der Waals surface area contributed by atoms with Crippen molar-refractivity contribution in [3.05, 3.63) is 70.3 Å². The summed E-state index contributed by atoms with van der Waals surface area (Å²) in [5, 5.41) is 9.68. The molecule has 2 atom stereocenters. The van der Waals surface area contributed by atoms with Crippen molar-refractivity contribution < 1.29 is 19.4 Å². The van der Waals surface area contributed by atoms with Crippen molar-refractivity contribution in [1.29, 1.82) is 0 Å². The molecule has 0 fully saturated rings. The van der Waals surface area contributed by atoms with E-state index in [0.29, 0.717) is 23.4 Å². The van der Waals surface area contributed by atoms with Crippen LogP contribution in [0.5, 0.6) is 0 Å². The summed E-state index contributed by atoms with van der Waals surface area (Å²) in [6.45, 7) is 3.94. The summed E-state index contributed by atoms with van der Waals surface area (Å²) in [7, 11) is 0. The van der Waals surface area contributed by atoms with Gasteiger partial charge in [0.05, 0.1) is 5.92 Å². The molecule has 0 heterocycles. The summed E-state index contributed by atoms with van der Waals surface area (Å²) in [6, 6.07) is 14.8. The molecule has 0 saturated heterocycles. The third-order valence-corrected chi connectivity index (χ3v) is 5.40. The highest BCUT2D eigenvalue weighted by molar-refractivity contribution is 6.30. The molecule has 140 valence electrons. The van der Waals surface area contributed by atoms with E-state index in [2.05, 4.69) is 0 Å². The molecule has 27 heavy (non-hydrogen) atoms. The number of ether oxygens (including phenoxy) is 1. The second-order valence-corrected chi connectivity index (χ2v) is 7.38. The Labute approximate surface area is 163 Å². The van der Waals surface area contributed by atoms with Gasteiger partial charge in [0, 0.05) is 17.0 Å². The van der Waals surface area contributed by atoms with Crippen molar-refractivity contribution >= 4 is 23.5 Å². The quantitative estimate of drug-likeness (QED) is 0.399. The summed E-state index contributed by atoms with van der Waals surface area (Å²) in [6.07, 6.45) is -1.02. The predicted molar refractivity (Wildman–Crippen MR) is 105 cm³/mol. The highest BCUT2D eigenvalue weighted by atomic mass is 35.5. The Hall–Kier alpha value is -2.59. The second-order valence-electron chi connectivity index (χ2n) is 6.95. The minimum atomic E-state index is -1.34. The SMILES string of the molecule is CC1=C(C)CC(C(=O)c2ccc(-c3ccc(Cl)cc3)cc2)C(OC(=O)O)C1. The highest BCUT2D eigenvalue weighted by Crippen LogP contribution is 2.34. The number of carbonyl (C=O) groups excluding carboxylic acids is 1. The van der Waals surface area contributed by atoms with Gasteiger partial charge in [0.2, 0.25) is 0 Å². The van der Waals surface area contributed by atoms with Crippen molar-refractivity contribution in [2.24, 2.45) is 5.92 Å². The van der Waals surface area contributed by atoms with E-state index in [1.54, 1.807) is 12.1 Å². The molecule has 4 nitrogen and oxygen atoms in total. The molecule has 0 saturated carbocycles. The first kappa shape index (κ1) is 19.2. The molecule has 1 aliphatic rings. The molecule has 2 aromatic rings. The fraction of sp³-hybridized carbons (Fsp3) is 0.273. The second kappa shape index (κ2) is 7.97. The molecule has 3 rings (SSSR count). The highest BCUT2D eigenvalue weighted by Gasteiger charge is 2.35. The molecular weight excluding hydrogens is 364 g/mol. The van der Waals surface area contributed by atoms with Crippen molar-refractivity contribution in [3.8, 4) is 11.1 Å². The number of allylic oxidation sites excluding steroid dienone is 1. The van der Waals surface area contributed by atoms with Gasteiger partial charge in [-0.1, -0.05) is 59.1 Å². The number of halogens is 1. The van der Waals surface area contributed by atoms with Crippen LogP contribution in [0.25, 0.3) is 11.1 Å². The van der Waals surface area contributed by atoms with Crippen LogP contribution in [-0.4, -0.2) is 23.1 Å². The summed E-state index contributed by atoms with van der Waals surface area (Å²) >= 11 is 5.92. The van der Waals surface area contributed by atoms with Crippen LogP contribution in [-0.2, 0) is 4.74 Å². The fourth-order valence-electron chi connectivity index (χ4n) is 3.45. The largest absolute Gasteiger partial charge is 0.506 e. The van der Waals surface area contributed by atoms with Crippen LogP contribution < -0.4 is 0 Å². The van der Waals surface area contributed by atoms with Crippen LogP contribution >= 0.6 is 11.6 Å². The lowest BCUT2D eigenvalue weighted by atomic mass is 9.78. The smallest absolute Gasteiger partial charge is 0.450 e. The van der Waals surface area contributed by atoms with E-state index in [-0.39, 0.29) is 5.78 Å². The molecule has 0 aromatic heterocycles. The maximum absolute atomic E-state index is 13.0. The van der Waals surface area contributed by atoms with E-state index in [0.717, 1.165) is 22.3 Å². The molecule has 0 bridgehead atoms. The van der Waals surface area contributed by atoms with Gasteiger partial charge < -0.3 is 9.84 Å². The zero-order valence-electron chi connectivity index (χ0n) is 15.2. The van der Waals surface area contributed by atoms with E-state index in [1.807, 2.05) is 50.2 Å². The zero-order valence-corrected chi connectivity index (χ0v) is 16.0. The Kier molecular flexibility index (Phi) is 5.66. The Bertz CT molecular complexity index is 882. The van der Waals surface area contributed by atoms with Crippen molar-refractivity contribution in [2.75, 3.05) is 0 Å².